The first-order valence-corrected chi connectivity index (χ1v) is 25.2. The number of hydrogen-bond acceptors (Lipinski definition) is 5. The summed E-state index contributed by atoms with van der Waals surface area (Å²) in [6, 6.07) is 0. The van der Waals surface area contributed by atoms with E-state index in [0.717, 1.165) is 38.7 Å². The molecule has 0 aromatic carbocycles. The monoisotopic (exact) mass is 792 g/mol. The fourth-order valence-corrected chi connectivity index (χ4v) is 9.10. The van der Waals surface area contributed by atoms with E-state index >= 15 is 0 Å². The van der Waals surface area contributed by atoms with Crippen molar-refractivity contribution >= 4 is 5.97 Å². The first kappa shape index (κ1) is 53.4. The molecule has 5 heteroatoms. The number of nitrogens with zero attached hydrogens (tertiary/aromatic N) is 1. The van der Waals surface area contributed by atoms with E-state index in [1.807, 2.05) is 0 Å². The van der Waals surface area contributed by atoms with Gasteiger partial charge in [-0.05, 0) is 54.4 Å². The van der Waals surface area contributed by atoms with Crippen LogP contribution in [0.5, 0.6) is 0 Å². The zero-order valence-corrected chi connectivity index (χ0v) is 39.5. The summed E-state index contributed by atoms with van der Waals surface area (Å²) in [5.41, 5.74) is -0.840. The van der Waals surface area contributed by atoms with E-state index in [4.69, 9.17) is 14.3 Å². The van der Waals surface area contributed by atoms with Crippen LogP contribution in [0.1, 0.15) is 287 Å². The molecule has 1 saturated heterocycles. The van der Waals surface area contributed by atoms with Crippen LogP contribution in [0.15, 0.2) is 0 Å². The third kappa shape index (κ3) is 29.5. The Morgan fingerprint density at radius 1 is 0.500 bits per heavy atom. The Balaban J connectivity index is 2.09. The summed E-state index contributed by atoms with van der Waals surface area (Å²) in [5, 5.41) is 2.17. The Kier molecular flexibility index (Phi) is 32.5. The molecular weight excluding hydrogens is 691 g/mol. The quantitative estimate of drug-likeness (QED) is 0.0457. The second-order valence-electron chi connectivity index (χ2n) is 20.0. The lowest BCUT2D eigenvalue weighted by molar-refractivity contribution is -0.309. The summed E-state index contributed by atoms with van der Waals surface area (Å²) in [7, 11) is 0. The average Bonchev–Trinajstić information content (AvgIpc) is 3.13. The third-order valence-corrected chi connectivity index (χ3v) is 12.4. The van der Waals surface area contributed by atoms with Gasteiger partial charge in [0.1, 0.15) is 6.10 Å². The molecule has 1 heterocycles. The van der Waals surface area contributed by atoms with Gasteiger partial charge in [-0.1, -0.05) is 213 Å². The zero-order valence-electron chi connectivity index (χ0n) is 39.5. The number of hydrogen-bond donors (Lipinski definition) is 0. The van der Waals surface area contributed by atoms with Gasteiger partial charge in [0.25, 0.3) is 0 Å². The van der Waals surface area contributed by atoms with Crippen molar-refractivity contribution < 1.29 is 19.1 Å². The normalized spacial score (nSPS) is 16.1. The summed E-state index contributed by atoms with van der Waals surface area (Å²) < 4.78 is 12.4. The molecule has 0 bridgehead atoms. The fourth-order valence-electron chi connectivity index (χ4n) is 9.10. The Morgan fingerprint density at radius 2 is 0.804 bits per heavy atom. The molecule has 0 saturated carbocycles. The highest BCUT2D eigenvalue weighted by Crippen LogP contribution is 2.40. The van der Waals surface area contributed by atoms with Crippen molar-refractivity contribution in [3.05, 3.63) is 0 Å². The van der Waals surface area contributed by atoms with Crippen LogP contribution >= 0.6 is 0 Å². The fraction of sp³-hybridized carbons (Fsp3) is 0.980. The van der Waals surface area contributed by atoms with Crippen molar-refractivity contribution in [3.63, 3.8) is 0 Å². The molecule has 0 aliphatic carbocycles. The number of esters is 1. The van der Waals surface area contributed by atoms with Crippen LogP contribution in [-0.2, 0) is 19.1 Å². The van der Waals surface area contributed by atoms with Gasteiger partial charge in [-0.15, -0.1) is 0 Å². The molecule has 0 spiro atoms. The smallest absolute Gasteiger partial charge is 0.306 e. The number of carbonyl (C=O) groups excluding carboxylic acids is 1. The summed E-state index contributed by atoms with van der Waals surface area (Å²) in [4.78, 5) is 19.4. The van der Waals surface area contributed by atoms with E-state index in [9.17, 15) is 4.79 Å². The molecule has 0 aromatic rings. The molecule has 0 radical (unpaired) electrons. The van der Waals surface area contributed by atoms with Crippen LogP contribution in [0.3, 0.4) is 0 Å². The van der Waals surface area contributed by atoms with Crippen LogP contribution in [0.25, 0.3) is 0 Å². The van der Waals surface area contributed by atoms with E-state index in [1.54, 1.807) is 0 Å². The molecular formula is C51H101NO4. The Labute approximate surface area is 351 Å². The van der Waals surface area contributed by atoms with E-state index in [-0.39, 0.29) is 28.8 Å². The van der Waals surface area contributed by atoms with Gasteiger partial charge in [0.15, 0.2) is 0 Å². The van der Waals surface area contributed by atoms with E-state index in [0.29, 0.717) is 13.0 Å². The lowest BCUT2D eigenvalue weighted by atomic mass is 9.80. The van der Waals surface area contributed by atoms with Gasteiger partial charge < -0.3 is 9.47 Å². The number of piperidine rings is 1. The van der Waals surface area contributed by atoms with Gasteiger partial charge in [0.2, 0.25) is 0 Å². The van der Waals surface area contributed by atoms with E-state index < -0.39 is 0 Å². The lowest BCUT2D eigenvalue weighted by Crippen LogP contribution is -2.62. The predicted molar refractivity (Wildman–Crippen MR) is 243 cm³/mol. The van der Waals surface area contributed by atoms with Gasteiger partial charge in [0, 0.05) is 36.9 Å². The molecule has 0 aromatic heterocycles. The Bertz CT molecular complexity index is 867. The molecule has 0 unspecified atom stereocenters. The van der Waals surface area contributed by atoms with Crippen molar-refractivity contribution in [2.75, 3.05) is 13.2 Å². The van der Waals surface area contributed by atoms with Crippen molar-refractivity contribution in [2.45, 2.75) is 309 Å². The number of rotatable bonds is 40. The number of carbonyl (C=O) groups is 1. The molecule has 0 N–H and O–H groups in total. The summed E-state index contributed by atoms with van der Waals surface area (Å²) >= 11 is 0. The number of unbranched alkanes of at least 4 members (excludes halogenated alkanes) is 31. The zero-order chi connectivity index (χ0) is 41.2. The average molecular weight is 792 g/mol. The molecule has 1 aliphatic heterocycles. The molecule has 5 nitrogen and oxygen atoms in total. The Morgan fingerprint density at radius 3 is 1.14 bits per heavy atom. The summed E-state index contributed by atoms with van der Waals surface area (Å²) in [5.74, 6) is -0.0269. The van der Waals surface area contributed by atoms with Crippen molar-refractivity contribution in [1.29, 1.82) is 0 Å². The summed E-state index contributed by atoms with van der Waals surface area (Å²) in [6.07, 6.45) is 47.1. The van der Waals surface area contributed by atoms with Crippen molar-refractivity contribution in [3.8, 4) is 0 Å². The van der Waals surface area contributed by atoms with Crippen LogP contribution in [-0.4, -0.2) is 47.0 Å². The first-order valence-electron chi connectivity index (χ1n) is 25.2. The molecule has 1 aliphatic rings. The molecule has 56 heavy (non-hydrogen) atoms. The topological polar surface area (TPSA) is 48.0 Å². The van der Waals surface area contributed by atoms with Gasteiger partial charge in [-0.2, -0.15) is 5.06 Å². The predicted octanol–water partition coefficient (Wildman–Crippen LogP) is 16.6. The van der Waals surface area contributed by atoms with Crippen molar-refractivity contribution in [1.82, 2.24) is 5.06 Å². The molecule has 1 rings (SSSR count). The molecule has 334 valence electrons. The summed E-state index contributed by atoms with van der Waals surface area (Å²) in [6.45, 7) is 19.1. The standard InChI is InChI=1S/C51H101NO4/c1-9-11-13-15-17-19-21-23-25-26-27-28-29-30-32-34-36-38-40-42-48(53)56-47-44-49(3,4)52(50(5,6)45-47)55-46-51(7,8)54-43-41-39-37-35-33-31-24-22-20-18-16-14-12-10-2/h47H,9-46H2,1-8H3. The van der Waals surface area contributed by atoms with Crippen LogP contribution < -0.4 is 0 Å². The van der Waals surface area contributed by atoms with Crippen LogP contribution in [0, 0.1) is 0 Å². The number of ether oxygens (including phenoxy) is 2. The van der Waals surface area contributed by atoms with E-state index in [2.05, 4.69) is 60.5 Å². The molecule has 0 amide bonds. The largest absolute Gasteiger partial charge is 0.462 e. The first-order chi connectivity index (χ1) is 26.9. The highest BCUT2D eigenvalue weighted by atomic mass is 16.7. The highest BCUT2D eigenvalue weighted by molar-refractivity contribution is 5.69. The number of hydroxylamine groups is 2. The second-order valence-corrected chi connectivity index (χ2v) is 20.0. The van der Waals surface area contributed by atoms with Gasteiger partial charge in [-0.3, -0.25) is 9.63 Å². The van der Waals surface area contributed by atoms with Gasteiger partial charge >= 0.3 is 5.97 Å². The highest BCUT2D eigenvalue weighted by Gasteiger charge is 2.48. The van der Waals surface area contributed by atoms with Crippen LogP contribution in [0.4, 0.5) is 0 Å². The molecule has 1 fully saturated rings. The van der Waals surface area contributed by atoms with Gasteiger partial charge in [-0.25, -0.2) is 0 Å². The lowest BCUT2D eigenvalue weighted by Gasteiger charge is -2.53. The maximum atomic E-state index is 12.9. The van der Waals surface area contributed by atoms with Gasteiger partial charge in [0.05, 0.1) is 12.2 Å². The SMILES string of the molecule is CCCCCCCCCCCCCCCCCCCCCC(=O)OC1CC(C)(C)N(OCC(C)(C)OCCCCCCCCCCCCCCCC)C(C)(C)C1. The second kappa shape index (κ2) is 34.1. The minimum Gasteiger partial charge on any atom is -0.462 e. The van der Waals surface area contributed by atoms with E-state index in [1.165, 1.54) is 193 Å². The maximum Gasteiger partial charge on any atom is 0.306 e. The minimum absolute atomic E-state index is 0.0269. The third-order valence-electron chi connectivity index (χ3n) is 12.4. The van der Waals surface area contributed by atoms with Crippen molar-refractivity contribution in [2.24, 2.45) is 0 Å². The molecule has 0 atom stereocenters. The maximum absolute atomic E-state index is 12.9. The Hall–Kier alpha value is -0.650. The van der Waals surface area contributed by atoms with Crippen LogP contribution in [0.2, 0.25) is 0 Å². The minimum atomic E-state index is -0.349.